The zero-order valence-corrected chi connectivity index (χ0v) is 25.3. The van der Waals surface area contributed by atoms with Crippen molar-refractivity contribution >= 4 is 39.1 Å². The van der Waals surface area contributed by atoms with Gasteiger partial charge in [-0.05, 0) is 75.1 Å². The number of hydrogen-bond donors (Lipinski definition) is 1. The molecule has 2 atom stereocenters. The summed E-state index contributed by atoms with van der Waals surface area (Å²) in [5.74, 6) is -0.802. The van der Waals surface area contributed by atoms with Crippen LogP contribution in [0.3, 0.4) is 0 Å². The van der Waals surface area contributed by atoms with Gasteiger partial charge in [-0.1, -0.05) is 73.5 Å². The fourth-order valence-corrected chi connectivity index (χ4v) is 5.92. The fraction of sp³-hybridized carbons (Fsp3) is 0.355. The zero-order valence-electron chi connectivity index (χ0n) is 23.7. The van der Waals surface area contributed by atoms with Gasteiger partial charge < -0.3 is 10.2 Å². The lowest BCUT2D eigenvalue weighted by atomic mass is 10.1. The molecule has 0 aliphatic rings. The van der Waals surface area contributed by atoms with Crippen LogP contribution in [0.1, 0.15) is 50.3 Å². The first-order valence-electron chi connectivity index (χ1n) is 13.5. The molecule has 9 heteroatoms. The zero-order chi connectivity index (χ0) is 29.4. The first kappa shape index (κ1) is 31.2. The first-order chi connectivity index (χ1) is 19.0. The van der Waals surface area contributed by atoms with E-state index in [0.717, 1.165) is 21.9 Å². The summed E-state index contributed by atoms with van der Waals surface area (Å²) in [5, 5.41) is 3.43. The van der Waals surface area contributed by atoms with Crippen molar-refractivity contribution < 1.29 is 18.0 Å². The summed E-state index contributed by atoms with van der Waals surface area (Å²) in [7, 11) is -4.11. The van der Waals surface area contributed by atoms with Gasteiger partial charge in [-0.25, -0.2) is 8.42 Å². The van der Waals surface area contributed by atoms with E-state index in [-0.39, 0.29) is 23.4 Å². The fourth-order valence-electron chi connectivity index (χ4n) is 4.32. The highest BCUT2D eigenvalue weighted by Gasteiger charge is 2.34. The van der Waals surface area contributed by atoms with Crippen molar-refractivity contribution in [3.05, 3.63) is 94.5 Å². The number of rotatable bonds is 12. The van der Waals surface area contributed by atoms with Gasteiger partial charge in [-0.15, -0.1) is 0 Å². The maximum Gasteiger partial charge on any atom is 0.264 e. The van der Waals surface area contributed by atoms with E-state index in [4.69, 9.17) is 11.6 Å². The highest BCUT2D eigenvalue weighted by Crippen LogP contribution is 2.26. The van der Waals surface area contributed by atoms with Crippen molar-refractivity contribution in [3.8, 4) is 0 Å². The molecule has 0 fully saturated rings. The minimum absolute atomic E-state index is 0.0528. The van der Waals surface area contributed by atoms with Gasteiger partial charge in [-0.3, -0.25) is 13.9 Å². The monoisotopic (exact) mass is 583 g/mol. The Morgan fingerprint density at radius 3 is 2.17 bits per heavy atom. The van der Waals surface area contributed by atoms with Gasteiger partial charge in [-0.2, -0.15) is 0 Å². The Bertz CT molecular complexity index is 1430. The summed E-state index contributed by atoms with van der Waals surface area (Å²) in [6, 6.07) is 19.7. The summed E-state index contributed by atoms with van der Waals surface area (Å²) in [6.45, 7) is 8.99. The van der Waals surface area contributed by atoms with Crippen LogP contribution in [-0.4, -0.2) is 43.8 Å². The predicted molar refractivity (Wildman–Crippen MR) is 161 cm³/mol. The molecule has 0 aliphatic carbocycles. The maximum atomic E-state index is 14.1. The van der Waals surface area contributed by atoms with Crippen LogP contribution in [0.4, 0.5) is 5.69 Å². The standard InChI is InChI=1S/C31H38ClN3O4S/c1-6-24(5)33-31(37)29(7-2)34(20-25-12-8-9-14-28(25)32)30(36)21-35(26-13-10-11-23(4)19-26)40(38,39)27-17-15-22(3)16-18-27/h8-19,24,29H,6-7,20-21H2,1-5H3,(H,33,37)/t24-,29+/m0/s1. The SMILES string of the molecule is CC[C@H](C(=O)N[C@@H](C)CC)N(Cc1ccccc1Cl)C(=O)CN(c1cccc(C)c1)S(=O)(=O)c1ccc(C)cc1. The van der Waals surface area contributed by atoms with Crippen molar-refractivity contribution in [1.82, 2.24) is 10.2 Å². The molecule has 0 saturated carbocycles. The van der Waals surface area contributed by atoms with Crippen molar-refractivity contribution in [2.75, 3.05) is 10.8 Å². The summed E-state index contributed by atoms with van der Waals surface area (Å²) < 4.78 is 29.0. The van der Waals surface area contributed by atoms with E-state index in [2.05, 4.69) is 5.32 Å². The van der Waals surface area contributed by atoms with Gasteiger partial charge in [0.2, 0.25) is 11.8 Å². The molecule has 3 aromatic rings. The second kappa shape index (κ2) is 13.8. The highest BCUT2D eigenvalue weighted by molar-refractivity contribution is 7.92. The van der Waals surface area contributed by atoms with E-state index in [1.54, 1.807) is 48.5 Å². The van der Waals surface area contributed by atoms with E-state index in [9.17, 15) is 18.0 Å². The summed E-state index contributed by atoms with van der Waals surface area (Å²) in [5.41, 5.74) is 2.79. The Balaban J connectivity index is 2.07. The average Bonchev–Trinajstić information content (AvgIpc) is 2.92. The molecule has 2 amide bonds. The van der Waals surface area contributed by atoms with Gasteiger partial charge in [0.1, 0.15) is 12.6 Å². The summed E-state index contributed by atoms with van der Waals surface area (Å²) in [4.78, 5) is 29.0. The third kappa shape index (κ3) is 7.64. The summed E-state index contributed by atoms with van der Waals surface area (Å²) in [6.07, 6.45) is 1.07. The molecular weight excluding hydrogens is 546 g/mol. The number of hydrogen-bond acceptors (Lipinski definition) is 4. The lowest BCUT2D eigenvalue weighted by molar-refractivity contribution is -0.140. The van der Waals surface area contributed by atoms with Gasteiger partial charge in [0.05, 0.1) is 10.6 Å². The van der Waals surface area contributed by atoms with Crippen LogP contribution in [0.25, 0.3) is 0 Å². The molecule has 0 bridgehead atoms. The number of carbonyl (C=O) groups excluding carboxylic acids is 2. The first-order valence-corrected chi connectivity index (χ1v) is 15.3. The molecule has 0 aromatic heterocycles. The van der Waals surface area contributed by atoms with Crippen LogP contribution in [0.2, 0.25) is 5.02 Å². The third-order valence-corrected chi connectivity index (χ3v) is 9.02. The van der Waals surface area contributed by atoms with Crippen LogP contribution in [0, 0.1) is 13.8 Å². The molecule has 214 valence electrons. The molecule has 3 aromatic carbocycles. The minimum Gasteiger partial charge on any atom is -0.352 e. The van der Waals surface area contributed by atoms with Crippen molar-refractivity contribution in [2.24, 2.45) is 0 Å². The third-order valence-electron chi connectivity index (χ3n) is 6.86. The second-order valence-corrected chi connectivity index (χ2v) is 12.3. The molecule has 0 saturated heterocycles. The molecule has 0 radical (unpaired) electrons. The Morgan fingerprint density at radius 1 is 0.900 bits per heavy atom. The Hall–Kier alpha value is -3.36. The number of benzene rings is 3. The van der Waals surface area contributed by atoms with E-state index in [1.165, 1.54) is 17.0 Å². The number of carbonyl (C=O) groups is 2. The number of halogens is 1. The van der Waals surface area contributed by atoms with E-state index in [1.807, 2.05) is 46.8 Å². The highest BCUT2D eigenvalue weighted by atomic mass is 35.5. The number of amides is 2. The quantitative estimate of drug-likeness (QED) is 0.289. The van der Waals surface area contributed by atoms with Crippen LogP contribution < -0.4 is 9.62 Å². The molecule has 0 spiro atoms. The molecule has 1 N–H and O–H groups in total. The summed E-state index contributed by atoms with van der Waals surface area (Å²) >= 11 is 6.45. The average molecular weight is 584 g/mol. The minimum atomic E-state index is -4.11. The van der Waals surface area contributed by atoms with Gasteiger partial charge in [0.15, 0.2) is 0 Å². The number of nitrogens with zero attached hydrogens (tertiary/aromatic N) is 2. The van der Waals surface area contributed by atoms with Crippen molar-refractivity contribution in [3.63, 3.8) is 0 Å². The smallest absolute Gasteiger partial charge is 0.264 e. The van der Waals surface area contributed by atoms with Crippen LogP contribution in [-0.2, 0) is 26.2 Å². The number of aryl methyl sites for hydroxylation is 2. The normalized spacial score (nSPS) is 12.8. The maximum absolute atomic E-state index is 14.1. The molecule has 40 heavy (non-hydrogen) atoms. The van der Waals surface area contributed by atoms with E-state index in [0.29, 0.717) is 22.7 Å². The number of anilines is 1. The van der Waals surface area contributed by atoms with E-state index < -0.39 is 28.5 Å². The number of sulfonamides is 1. The molecule has 0 aliphatic heterocycles. The largest absolute Gasteiger partial charge is 0.352 e. The van der Waals surface area contributed by atoms with Gasteiger partial charge >= 0.3 is 0 Å². The van der Waals surface area contributed by atoms with Crippen LogP contribution >= 0.6 is 11.6 Å². The molecule has 0 heterocycles. The lowest BCUT2D eigenvalue weighted by Gasteiger charge is -2.34. The second-order valence-electron chi connectivity index (χ2n) is 10.0. The van der Waals surface area contributed by atoms with Gasteiger partial charge in [0, 0.05) is 17.6 Å². The molecule has 0 unspecified atom stereocenters. The van der Waals surface area contributed by atoms with E-state index >= 15 is 0 Å². The van der Waals surface area contributed by atoms with Crippen molar-refractivity contribution in [1.29, 1.82) is 0 Å². The Labute approximate surface area is 243 Å². The topological polar surface area (TPSA) is 86.8 Å². The number of nitrogens with one attached hydrogen (secondary N) is 1. The van der Waals surface area contributed by atoms with Crippen LogP contribution in [0.15, 0.2) is 77.7 Å². The predicted octanol–water partition coefficient (Wildman–Crippen LogP) is 5.87. The van der Waals surface area contributed by atoms with Crippen molar-refractivity contribution in [2.45, 2.75) is 71.0 Å². The van der Waals surface area contributed by atoms with Gasteiger partial charge in [0.25, 0.3) is 10.0 Å². The molecular formula is C31H38ClN3O4S. The Morgan fingerprint density at radius 2 is 1.57 bits per heavy atom. The lowest BCUT2D eigenvalue weighted by Crippen LogP contribution is -2.53. The molecule has 7 nitrogen and oxygen atoms in total. The van der Waals surface area contributed by atoms with Crippen LogP contribution in [0.5, 0.6) is 0 Å². The molecule has 3 rings (SSSR count). The Kier molecular flexibility index (Phi) is 10.8.